The van der Waals surface area contributed by atoms with Crippen LogP contribution in [0, 0.1) is 5.82 Å². The zero-order valence-corrected chi connectivity index (χ0v) is 22.9. The molecule has 1 aromatic carbocycles. The van der Waals surface area contributed by atoms with Gasteiger partial charge in [0.15, 0.2) is 17.9 Å². The van der Waals surface area contributed by atoms with Crippen molar-refractivity contribution in [2.75, 3.05) is 38.7 Å². The summed E-state index contributed by atoms with van der Waals surface area (Å²) >= 11 is 1.47. The van der Waals surface area contributed by atoms with E-state index in [1.807, 2.05) is 12.3 Å². The quantitative estimate of drug-likeness (QED) is 0.135. The van der Waals surface area contributed by atoms with Gasteiger partial charge in [-0.3, -0.25) is 19.9 Å². The Morgan fingerprint density at radius 3 is 2.80 bits per heavy atom. The fraction of sp³-hybridized carbons (Fsp3) is 0.407. The average Bonchev–Trinajstić information content (AvgIpc) is 3.44. The number of fused-ring (bicyclic) bond motifs is 1. The molecular formula is C27H33FN6O5S. The molecule has 214 valence electrons. The number of hydrogen-bond donors (Lipinski definition) is 5. The third-order valence-electron chi connectivity index (χ3n) is 6.50. The van der Waals surface area contributed by atoms with Gasteiger partial charge in [0, 0.05) is 66.9 Å². The van der Waals surface area contributed by atoms with Gasteiger partial charge in [-0.1, -0.05) is 0 Å². The molecule has 13 heteroatoms. The molecule has 0 amide bonds. The van der Waals surface area contributed by atoms with E-state index in [0.717, 1.165) is 33.5 Å². The Labute approximate surface area is 234 Å². The lowest BCUT2D eigenvalue weighted by Gasteiger charge is -2.26. The van der Waals surface area contributed by atoms with Crippen LogP contribution in [0.4, 0.5) is 10.1 Å². The lowest BCUT2D eigenvalue weighted by molar-refractivity contribution is -0.0451. The normalized spacial score (nSPS) is 15.1. The van der Waals surface area contributed by atoms with E-state index < -0.39 is 18.4 Å². The van der Waals surface area contributed by atoms with Gasteiger partial charge in [-0.15, -0.1) is 11.3 Å². The molecule has 0 aliphatic heterocycles. The van der Waals surface area contributed by atoms with Crippen molar-refractivity contribution in [2.24, 2.45) is 0 Å². The summed E-state index contributed by atoms with van der Waals surface area (Å²) in [7, 11) is 1.59. The molecule has 2 unspecified atom stereocenters. The number of aliphatic hydroxyl groups excluding tert-OH is 3. The highest BCUT2D eigenvalue weighted by Gasteiger charge is 2.23. The zero-order valence-electron chi connectivity index (χ0n) is 22.0. The minimum absolute atomic E-state index is 0.0635. The van der Waals surface area contributed by atoms with E-state index in [1.165, 1.54) is 23.5 Å². The zero-order chi connectivity index (χ0) is 28.1. The van der Waals surface area contributed by atoms with Crippen LogP contribution in [0.1, 0.15) is 12.8 Å². The summed E-state index contributed by atoms with van der Waals surface area (Å²) < 4.78 is 28.5. The number of ether oxygens (including phenoxy) is 2. The summed E-state index contributed by atoms with van der Waals surface area (Å²) in [5.41, 5.74) is 2.04. The van der Waals surface area contributed by atoms with Crippen molar-refractivity contribution < 1.29 is 29.2 Å². The number of benzene rings is 1. The van der Waals surface area contributed by atoms with Crippen molar-refractivity contribution >= 4 is 27.2 Å². The second kappa shape index (κ2) is 13.0. The van der Waals surface area contributed by atoms with Crippen LogP contribution in [-0.4, -0.2) is 87.0 Å². The van der Waals surface area contributed by atoms with Crippen LogP contribution in [0.15, 0.2) is 48.9 Å². The number of hydrogen-bond acceptors (Lipinski definition) is 11. The second-order valence-electron chi connectivity index (χ2n) is 9.55. The molecule has 2 atom stereocenters. The SMILES string of the molecule is COCCN(CCn1cc(-c2cc3nccc(Oc4ccc(NC(O)NC5CC5)cc4F)c3s2)cn1)C(O)CO. The Bertz CT molecular complexity index is 1410. The highest BCUT2D eigenvalue weighted by atomic mass is 32.1. The van der Waals surface area contributed by atoms with Gasteiger partial charge in [0.05, 0.1) is 36.2 Å². The number of anilines is 1. The summed E-state index contributed by atoms with van der Waals surface area (Å²) in [6, 6.07) is 8.40. The molecule has 0 bridgehead atoms. The van der Waals surface area contributed by atoms with Crippen molar-refractivity contribution in [2.45, 2.75) is 38.0 Å². The average molecular weight is 573 g/mol. The number of rotatable bonds is 15. The van der Waals surface area contributed by atoms with E-state index in [9.17, 15) is 19.7 Å². The lowest BCUT2D eigenvalue weighted by Crippen LogP contribution is -2.41. The van der Waals surface area contributed by atoms with Gasteiger partial charge in [-0.25, -0.2) is 4.39 Å². The Morgan fingerprint density at radius 1 is 1.20 bits per heavy atom. The molecule has 5 N–H and O–H groups in total. The first kappa shape index (κ1) is 28.4. The molecule has 40 heavy (non-hydrogen) atoms. The largest absolute Gasteiger partial charge is 0.453 e. The summed E-state index contributed by atoms with van der Waals surface area (Å²) in [6.45, 7) is 1.55. The van der Waals surface area contributed by atoms with E-state index in [1.54, 1.807) is 41.2 Å². The number of aromatic nitrogens is 3. The van der Waals surface area contributed by atoms with Crippen molar-refractivity contribution in [1.29, 1.82) is 0 Å². The molecule has 1 saturated carbocycles. The monoisotopic (exact) mass is 572 g/mol. The number of thiophene rings is 1. The number of methoxy groups -OCH3 is 1. The Hall–Kier alpha value is -3.17. The molecule has 4 aromatic rings. The van der Waals surface area contributed by atoms with Crippen LogP contribution < -0.4 is 15.4 Å². The maximum Gasteiger partial charge on any atom is 0.181 e. The van der Waals surface area contributed by atoms with Crippen LogP contribution in [0.25, 0.3) is 20.7 Å². The first-order valence-corrected chi connectivity index (χ1v) is 13.9. The van der Waals surface area contributed by atoms with Gasteiger partial charge in [0.25, 0.3) is 0 Å². The molecule has 1 fully saturated rings. The van der Waals surface area contributed by atoms with Crippen molar-refractivity contribution in [3.63, 3.8) is 0 Å². The lowest BCUT2D eigenvalue weighted by atomic mass is 10.2. The van der Waals surface area contributed by atoms with Gasteiger partial charge in [0.1, 0.15) is 12.0 Å². The highest BCUT2D eigenvalue weighted by molar-refractivity contribution is 7.22. The number of nitrogens with zero attached hydrogens (tertiary/aromatic N) is 4. The molecular weight excluding hydrogens is 539 g/mol. The minimum Gasteiger partial charge on any atom is -0.453 e. The number of halogens is 1. The molecule has 1 aliphatic carbocycles. The predicted molar refractivity (Wildman–Crippen MR) is 150 cm³/mol. The van der Waals surface area contributed by atoms with Crippen LogP contribution in [0.2, 0.25) is 0 Å². The smallest absolute Gasteiger partial charge is 0.181 e. The summed E-state index contributed by atoms with van der Waals surface area (Å²) in [5, 5.41) is 39.7. The maximum atomic E-state index is 14.9. The molecule has 5 rings (SSSR count). The number of pyridine rings is 1. The van der Waals surface area contributed by atoms with E-state index >= 15 is 0 Å². The van der Waals surface area contributed by atoms with Crippen molar-refractivity contribution in [1.82, 2.24) is 25.0 Å². The Kier molecular flexibility index (Phi) is 9.22. The molecule has 0 saturated heterocycles. The highest BCUT2D eigenvalue weighted by Crippen LogP contribution is 2.39. The minimum atomic E-state index is -0.967. The molecule has 11 nitrogen and oxygen atoms in total. The molecule has 0 radical (unpaired) electrons. The van der Waals surface area contributed by atoms with Gasteiger partial charge in [-0.05, 0) is 31.0 Å². The first-order chi connectivity index (χ1) is 19.4. The number of nitrogens with one attached hydrogen (secondary N) is 2. The van der Waals surface area contributed by atoms with Gasteiger partial charge in [0.2, 0.25) is 0 Å². The third kappa shape index (κ3) is 7.12. The van der Waals surface area contributed by atoms with E-state index in [4.69, 9.17) is 9.47 Å². The van der Waals surface area contributed by atoms with Crippen LogP contribution in [-0.2, 0) is 11.3 Å². The summed E-state index contributed by atoms with van der Waals surface area (Å²) in [5.74, 6) is -0.0125. The fourth-order valence-electron chi connectivity index (χ4n) is 4.18. The van der Waals surface area contributed by atoms with E-state index in [-0.39, 0.29) is 12.4 Å². The van der Waals surface area contributed by atoms with E-state index in [0.29, 0.717) is 43.7 Å². The van der Waals surface area contributed by atoms with Gasteiger partial charge in [-0.2, -0.15) is 5.10 Å². The molecule has 3 aromatic heterocycles. The Balaban J connectivity index is 1.26. The first-order valence-electron chi connectivity index (χ1n) is 13.0. The third-order valence-corrected chi connectivity index (χ3v) is 7.69. The Morgan fingerprint density at radius 2 is 2.05 bits per heavy atom. The van der Waals surface area contributed by atoms with E-state index in [2.05, 4.69) is 20.7 Å². The van der Waals surface area contributed by atoms with Crippen molar-refractivity contribution in [3.8, 4) is 21.9 Å². The topological polar surface area (TPSA) is 137 Å². The van der Waals surface area contributed by atoms with Crippen LogP contribution in [0.3, 0.4) is 0 Å². The second-order valence-corrected chi connectivity index (χ2v) is 10.6. The standard InChI is InChI=1S/C27H33FN6O5S/c1-38-11-10-33(25(36)16-35)8-9-34-15-17(14-30-34)24-13-21-26(40-24)23(6-7-29-21)39-22-5-4-19(12-20(22)28)32-27(37)31-18-2-3-18/h4-7,12-15,18,25,27,31-32,35-37H,2-3,8-11,16H2,1H3. The van der Waals surface area contributed by atoms with Crippen LogP contribution >= 0.6 is 11.3 Å². The van der Waals surface area contributed by atoms with Gasteiger partial charge >= 0.3 is 0 Å². The predicted octanol–water partition coefficient (Wildman–Crippen LogP) is 2.79. The maximum absolute atomic E-state index is 14.9. The fourth-order valence-corrected chi connectivity index (χ4v) is 5.22. The molecule has 0 spiro atoms. The summed E-state index contributed by atoms with van der Waals surface area (Å²) in [6.07, 6.45) is 5.41. The summed E-state index contributed by atoms with van der Waals surface area (Å²) in [4.78, 5) is 7.10. The molecule has 3 heterocycles. The number of aliphatic hydroxyl groups is 3. The van der Waals surface area contributed by atoms with Gasteiger partial charge < -0.3 is 30.1 Å². The molecule has 1 aliphatic rings. The van der Waals surface area contributed by atoms with Crippen LogP contribution in [0.5, 0.6) is 11.5 Å². The van der Waals surface area contributed by atoms with Crippen molar-refractivity contribution in [3.05, 3.63) is 54.7 Å².